The molecule has 1 unspecified atom stereocenters. The normalized spacial score (nSPS) is 27.5. The molecule has 0 radical (unpaired) electrons. The highest BCUT2D eigenvalue weighted by Crippen LogP contribution is 2.34. The van der Waals surface area contributed by atoms with Gasteiger partial charge in [0.25, 0.3) is 5.91 Å². The quantitative estimate of drug-likeness (QED) is 0.907. The molecule has 0 aliphatic carbocycles. The average Bonchev–Trinajstić information content (AvgIpc) is 2.56. The molecule has 4 nitrogen and oxygen atoms in total. The second-order valence-electron chi connectivity index (χ2n) is 6.85. The minimum atomic E-state index is 0.0414. The van der Waals surface area contributed by atoms with Crippen LogP contribution in [-0.2, 0) is 0 Å². The van der Waals surface area contributed by atoms with Crippen molar-refractivity contribution in [2.24, 2.45) is 0 Å². The third-order valence-corrected chi connectivity index (χ3v) is 5.30. The van der Waals surface area contributed by atoms with Crippen molar-refractivity contribution in [3.05, 3.63) is 29.8 Å². The zero-order chi connectivity index (χ0) is 16.2. The molecule has 2 aliphatic heterocycles. The van der Waals surface area contributed by atoms with Crippen LogP contribution in [0.3, 0.4) is 0 Å². The molecule has 0 spiro atoms. The SMILES string of the molecule is CCCN1[C@@H]2CCC[C@H]1CC(NC(=O)c1ccc(OC)cc1)C2. The minimum absolute atomic E-state index is 0.0414. The van der Waals surface area contributed by atoms with Gasteiger partial charge >= 0.3 is 0 Å². The van der Waals surface area contributed by atoms with Crippen molar-refractivity contribution in [2.75, 3.05) is 13.7 Å². The summed E-state index contributed by atoms with van der Waals surface area (Å²) in [7, 11) is 1.64. The van der Waals surface area contributed by atoms with Crippen LogP contribution >= 0.6 is 0 Å². The lowest BCUT2D eigenvalue weighted by Crippen LogP contribution is -2.57. The minimum Gasteiger partial charge on any atom is -0.497 e. The highest BCUT2D eigenvalue weighted by molar-refractivity contribution is 5.94. The first-order chi connectivity index (χ1) is 11.2. The predicted molar refractivity (Wildman–Crippen MR) is 91.9 cm³/mol. The second kappa shape index (κ2) is 7.35. The molecule has 4 heteroatoms. The van der Waals surface area contributed by atoms with Crippen LogP contribution in [0.4, 0.5) is 0 Å². The van der Waals surface area contributed by atoms with Crippen molar-refractivity contribution in [1.29, 1.82) is 0 Å². The number of ether oxygens (including phenoxy) is 1. The molecule has 2 heterocycles. The first-order valence-electron chi connectivity index (χ1n) is 8.92. The first kappa shape index (κ1) is 16.3. The Kier molecular flexibility index (Phi) is 5.21. The lowest BCUT2D eigenvalue weighted by molar-refractivity contribution is 0.0245. The number of rotatable bonds is 5. The molecule has 1 aromatic rings. The molecular formula is C19H28N2O2. The van der Waals surface area contributed by atoms with Crippen molar-refractivity contribution < 1.29 is 9.53 Å². The predicted octanol–water partition coefficient (Wildman–Crippen LogP) is 3.22. The Morgan fingerprint density at radius 1 is 1.22 bits per heavy atom. The summed E-state index contributed by atoms with van der Waals surface area (Å²) in [6.07, 6.45) is 7.32. The average molecular weight is 316 g/mol. The number of piperidine rings is 2. The molecule has 23 heavy (non-hydrogen) atoms. The van der Waals surface area contributed by atoms with E-state index >= 15 is 0 Å². The Bertz CT molecular complexity index is 515. The maximum Gasteiger partial charge on any atom is 0.251 e. The van der Waals surface area contributed by atoms with E-state index in [2.05, 4.69) is 17.1 Å². The number of carbonyl (C=O) groups excluding carboxylic acids is 1. The summed E-state index contributed by atoms with van der Waals surface area (Å²) in [5.74, 6) is 0.823. The van der Waals surface area contributed by atoms with Gasteiger partial charge in [-0.15, -0.1) is 0 Å². The lowest BCUT2D eigenvalue weighted by Gasteiger charge is -2.49. The number of fused-ring (bicyclic) bond motifs is 2. The van der Waals surface area contributed by atoms with Crippen molar-refractivity contribution in [1.82, 2.24) is 10.2 Å². The molecule has 2 saturated heterocycles. The molecule has 126 valence electrons. The van der Waals surface area contributed by atoms with E-state index in [0.29, 0.717) is 23.7 Å². The van der Waals surface area contributed by atoms with Gasteiger partial charge in [0.15, 0.2) is 0 Å². The number of methoxy groups -OCH3 is 1. The number of hydrogen-bond donors (Lipinski definition) is 1. The Balaban J connectivity index is 1.61. The zero-order valence-corrected chi connectivity index (χ0v) is 14.3. The van der Waals surface area contributed by atoms with Crippen molar-refractivity contribution in [2.45, 2.75) is 63.6 Å². The topological polar surface area (TPSA) is 41.6 Å². The van der Waals surface area contributed by atoms with E-state index in [9.17, 15) is 4.79 Å². The van der Waals surface area contributed by atoms with Crippen LogP contribution in [0.1, 0.15) is 55.8 Å². The molecule has 3 rings (SSSR count). The van der Waals surface area contributed by atoms with E-state index in [4.69, 9.17) is 4.74 Å². The third-order valence-electron chi connectivity index (χ3n) is 5.30. The van der Waals surface area contributed by atoms with Gasteiger partial charge in [-0.2, -0.15) is 0 Å². The second-order valence-corrected chi connectivity index (χ2v) is 6.85. The molecule has 2 fully saturated rings. The number of carbonyl (C=O) groups is 1. The lowest BCUT2D eigenvalue weighted by atomic mass is 9.81. The standard InChI is InChI=1S/C19H28N2O2/c1-3-11-21-16-5-4-6-17(21)13-15(12-16)20-19(22)14-7-9-18(23-2)10-8-14/h7-10,15-17H,3-6,11-13H2,1-2H3,(H,20,22)/t15?,16-,17+. The molecule has 0 saturated carbocycles. The Morgan fingerprint density at radius 2 is 1.87 bits per heavy atom. The summed E-state index contributed by atoms with van der Waals surface area (Å²) in [4.78, 5) is 15.2. The maximum atomic E-state index is 12.5. The Labute approximate surface area is 139 Å². The summed E-state index contributed by atoms with van der Waals surface area (Å²) in [5.41, 5.74) is 0.715. The number of nitrogens with zero attached hydrogens (tertiary/aromatic N) is 1. The fourth-order valence-corrected chi connectivity index (χ4v) is 4.23. The van der Waals surface area contributed by atoms with Gasteiger partial charge in [-0.1, -0.05) is 13.3 Å². The van der Waals surface area contributed by atoms with Crippen molar-refractivity contribution in [3.8, 4) is 5.75 Å². The van der Waals surface area contributed by atoms with Gasteiger partial charge < -0.3 is 10.1 Å². The molecule has 1 N–H and O–H groups in total. The van der Waals surface area contributed by atoms with Gasteiger partial charge in [-0.05, 0) is 62.9 Å². The number of hydrogen-bond acceptors (Lipinski definition) is 3. The molecule has 3 atom stereocenters. The van der Waals surface area contributed by atoms with Gasteiger partial charge in [0.2, 0.25) is 0 Å². The van der Waals surface area contributed by atoms with Crippen LogP contribution in [0, 0.1) is 0 Å². The summed E-state index contributed by atoms with van der Waals surface area (Å²) in [6, 6.07) is 8.98. The monoisotopic (exact) mass is 316 g/mol. The molecule has 1 amide bonds. The largest absolute Gasteiger partial charge is 0.497 e. The molecule has 2 aliphatic rings. The van der Waals surface area contributed by atoms with Gasteiger partial charge in [-0.25, -0.2) is 0 Å². The van der Waals surface area contributed by atoms with Gasteiger partial charge in [0.1, 0.15) is 5.75 Å². The van der Waals surface area contributed by atoms with Crippen LogP contribution in [0.25, 0.3) is 0 Å². The Morgan fingerprint density at radius 3 is 2.43 bits per heavy atom. The highest BCUT2D eigenvalue weighted by Gasteiger charge is 2.38. The summed E-state index contributed by atoms with van der Waals surface area (Å²) in [5, 5.41) is 3.26. The summed E-state index contributed by atoms with van der Waals surface area (Å²) < 4.78 is 5.15. The van der Waals surface area contributed by atoms with E-state index in [1.807, 2.05) is 24.3 Å². The highest BCUT2D eigenvalue weighted by atomic mass is 16.5. The molecular weight excluding hydrogens is 288 g/mol. The van der Waals surface area contributed by atoms with Crippen molar-refractivity contribution >= 4 is 5.91 Å². The van der Waals surface area contributed by atoms with E-state index in [1.165, 1.54) is 32.2 Å². The maximum absolute atomic E-state index is 12.5. The van der Waals surface area contributed by atoms with E-state index in [-0.39, 0.29) is 5.91 Å². The fraction of sp³-hybridized carbons (Fsp3) is 0.632. The van der Waals surface area contributed by atoms with Crippen molar-refractivity contribution in [3.63, 3.8) is 0 Å². The van der Waals surface area contributed by atoms with Crippen LogP contribution in [0.2, 0.25) is 0 Å². The molecule has 2 bridgehead atoms. The van der Waals surface area contributed by atoms with Gasteiger partial charge in [-0.3, -0.25) is 9.69 Å². The summed E-state index contributed by atoms with van der Waals surface area (Å²) >= 11 is 0. The van der Waals surface area contributed by atoms with Crippen LogP contribution in [-0.4, -0.2) is 42.6 Å². The third kappa shape index (κ3) is 3.69. The van der Waals surface area contributed by atoms with E-state index in [1.54, 1.807) is 7.11 Å². The van der Waals surface area contributed by atoms with Gasteiger partial charge in [0.05, 0.1) is 7.11 Å². The van der Waals surface area contributed by atoms with E-state index in [0.717, 1.165) is 18.6 Å². The fourth-order valence-electron chi connectivity index (χ4n) is 4.23. The smallest absolute Gasteiger partial charge is 0.251 e. The van der Waals surface area contributed by atoms with Crippen LogP contribution < -0.4 is 10.1 Å². The Hall–Kier alpha value is -1.55. The van der Waals surface area contributed by atoms with Crippen LogP contribution in [0.5, 0.6) is 5.75 Å². The summed E-state index contributed by atoms with van der Waals surface area (Å²) in [6.45, 7) is 3.46. The van der Waals surface area contributed by atoms with Crippen LogP contribution in [0.15, 0.2) is 24.3 Å². The molecule has 0 aromatic heterocycles. The number of benzene rings is 1. The number of nitrogens with one attached hydrogen (secondary N) is 1. The first-order valence-corrected chi connectivity index (χ1v) is 8.92. The van der Waals surface area contributed by atoms with Gasteiger partial charge in [0, 0.05) is 23.7 Å². The number of amides is 1. The molecule has 1 aromatic carbocycles. The zero-order valence-electron chi connectivity index (χ0n) is 14.3. The van der Waals surface area contributed by atoms with E-state index < -0.39 is 0 Å².